The van der Waals surface area contributed by atoms with Crippen molar-refractivity contribution < 1.29 is 0 Å². The zero-order valence-electron chi connectivity index (χ0n) is 6.16. The van der Waals surface area contributed by atoms with Gasteiger partial charge >= 0.3 is 0 Å². The lowest BCUT2D eigenvalue weighted by atomic mass is 10.0. The summed E-state index contributed by atoms with van der Waals surface area (Å²) in [6, 6.07) is 0.721. The zero-order valence-corrected chi connectivity index (χ0v) is 6.16. The van der Waals surface area contributed by atoms with Gasteiger partial charge in [0, 0.05) is 12.6 Å². The van der Waals surface area contributed by atoms with Crippen molar-refractivity contribution in [1.29, 1.82) is 0 Å². The SMILES string of the molecule is C1=CC2CCCCN2C=C1. The Balaban J connectivity index is 2.09. The Labute approximate surface area is 62.0 Å². The van der Waals surface area contributed by atoms with Crippen LogP contribution in [0.4, 0.5) is 0 Å². The minimum absolute atomic E-state index is 0.721. The molecule has 1 unspecified atom stereocenters. The highest BCUT2D eigenvalue weighted by atomic mass is 15.1. The number of rotatable bonds is 0. The highest BCUT2D eigenvalue weighted by Gasteiger charge is 2.17. The maximum atomic E-state index is 2.43. The van der Waals surface area contributed by atoms with E-state index in [9.17, 15) is 0 Å². The molecule has 2 aliphatic heterocycles. The predicted molar refractivity (Wildman–Crippen MR) is 42.6 cm³/mol. The highest BCUT2D eigenvalue weighted by Crippen LogP contribution is 2.20. The largest absolute Gasteiger partial charge is 0.371 e. The van der Waals surface area contributed by atoms with Gasteiger partial charge in [-0.3, -0.25) is 0 Å². The average Bonchev–Trinajstić information content (AvgIpc) is 2.05. The molecule has 0 aromatic carbocycles. The van der Waals surface area contributed by atoms with Gasteiger partial charge in [-0.25, -0.2) is 0 Å². The van der Waals surface area contributed by atoms with Crippen LogP contribution >= 0.6 is 0 Å². The topological polar surface area (TPSA) is 3.24 Å². The van der Waals surface area contributed by atoms with Gasteiger partial charge in [0.15, 0.2) is 0 Å². The third-order valence-electron chi connectivity index (χ3n) is 2.31. The summed E-state index contributed by atoms with van der Waals surface area (Å²) in [4.78, 5) is 2.43. The summed E-state index contributed by atoms with van der Waals surface area (Å²) in [6.45, 7) is 1.26. The Bertz CT molecular complexity index is 150. The van der Waals surface area contributed by atoms with Crippen LogP contribution in [0.15, 0.2) is 24.4 Å². The highest BCUT2D eigenvalue weighted by molar-refractivity contribution is 5.13. The summed E-state index contributed by atoms with van der Waals surface area (Å²) in [6.07, 6.45) is 12.9. The monoisotopic (exact) mass is 135 g/mol. The number of allylic oxidation sites excluding steroid dienone is 2. The van der Waals surface area contributed by atoms with E-state index in [1.54, 1.807) is 0 Å². The first kappa shape index (κ1) is 6.02. The first-order chi connectivity index (χ1) is 4.97. The van der Waals surface area contributed by atoms with Gasteiger partial charge in [0.25, 0.3) is 0 Å². The van der Waals surface area contributed by atoms with Gasteiger partial charge < -0.3 is 4.90 Å². The second kappa shape index (κ2) is 2.49. The summed E-state index contributed by atoms with van der Waals surface area (Å²) in [5.41, 5.74) is 0. The third-order valence-corrected chi connectivity index (χ3v) is 2.31. The molecule has 0 bridgehead atoms. The van der Waals surface area contributed by atoms with Crippen molar-refractivity contribution >= 4 is 0 Å². The lowest BCUT2D eigenvalue weighted by Gasteiger charge is -2.34. The molecule has 1 heteroatoms. The maximum Gasteiger partial charge on any atom is 0.0470 e. The van der Waals surface area contributed by atoms with Gasteiger partial charge in [-0.15, -0.1) is 0 Å². The van der Waals surface area contributed by atoms with Gasteiger partial charge in [0.05, 0.1) is 0 Å². The molecule has 2 rings (SSSR count). The minimum atomic E-state index is 0.721. The van der Waals surface area contributed by atoms with Crippen LogP contribution < -0.4 is 0 Å². The number of hydrogen-bond donors (Lipinski definition) is 0. The van der Waals surface area contributed by atoms with E-state index >= 15 is 0 Å². The lowest BCUT2D eigenvalue weighted by molar-refractivity contribution is 0.249. The van der Waals surface area contributed by atoms with E-state index in [0.717, 1.165) is 6.04 Å². The molecule has 0 aromatic heterocycles. The molecule has 0 N–H and O–H groups in total. The molecule has 2 aliphatic rings. The number of fused-ring (bicyclic) bond motifs is 1. The summed E-state index contributed by atoms with van der Waals surface area (Å²) in [5.74, 6) is 0. The van der Waals surface area contributed by atoms with Crippen LogP contribution in [-0.2, 0) is 0 Å². The van der Waals surface area contributed by atoms with E-state index in [4.69, 9.17) is 0 Å². The molecule has 0 saturated carbocycles. The fraction of sp³-hybridized carbons (Fsp3) is 0.556. The van der Waals surface area contributed by atoms with Gasteiger partial charge in [-0.2, -0.15) is 0 Å². The Kier molecular flexibility index (Phi) is 1.50. The quantitative estimate of drug-likeness (QED) is 0.490. The molecule has 0 spiro atoms. The summed E-state index contributed by atoms with van der Waals surface area (Å²) < 4.78 is 0. The second-order valence-corrected chi connectivity index (χ2v) is 3.03. The molecular formula is C9H13N. The van der Waals surface area contributed by atoms with Crippen molar-refractivity contribution in [2.45, 2.75) is 25.3 Å². The molecule has 2 heterocycles. The zero-order chi connectivity index (χ0) is 6.81. The van der Waals surface area contributed by atoms with E-state index in [-0.39, 0.29) is 0 Å². The molecule has 54 valence electrons. The fourth-order valence-electron chi connectivity index (χ4n) is 1.72. The lowest BCUT2D eigenvalue weighted by Crippen LogP contribution is -2.34. The minimum Gasteiger partial charge on any atom is -0.371 e. The van der Waals surface area contributed by atoms with Gasteiger partial charge in [-0.1, -0.05) is 12.2 Å². The van der Waals surface area contributed by atoms with Gasteiger partial charge in [0.1, 0.15) is 0 Å². The molecule has 0 amide bonds. The molecule has 10 heavy (non-hydrogen) atoms. The van der Waals surface area contributed by atoms with Crippen LogP contribution in [0.3, 0.4) is 0 Å². The van der Waals surface area contributed by atoms with Crippen molar-refractivity contribution in [3.05, 3.63) is 24.4 Å². The Morgan fingerprint density at radius 3 is 3.10 bits per heavy atom. The van der Waals surface area contributed by atoms with E-state index in [2.05, 4.69) is 29.3 Å². The Hall–Kier alpha value is -0.720. The number of nitrogens with zero attached hydrogens (tertiary/aromatic N) is 1. The van der Waals surface area contributed by atoms with Crippen molar-refractivity contribution in [1.82, 2.24) is 4.90 Å². The van der Waals surface area contributed by atoms with Gasteiger partial charge in [-0.05, 0) is 31.5 Å². The second-order valence-electron chi connectivity index (χ2n) is 3.03. The van der Waals surface area contributed by atoms with Crippen LogP contribution in [0.1, 0.15) is 19.3 Å². The normalized spacial score (nSPS) is 30.4. The first-order valence-corrected chi connectivity index (χ1v) is 4.07. The predicted octanol–water partition coefficient (Wildman–Crippen LogP) is 1.92. The summed E-state index contributed by atoms with van der Waals surface area (Å²) in [5, 5.41) is 0. The van der Waals surface area contributed by atoms with E-state index in [1.165, 1.54) is 25.8 Å². The van der Waals surface area contributed by atoms with Crippen molar-refractivity contribution in [2.75, 3.05) is 6.54 Å². The standard InChI is InChI=1S/C9H13N/c1-3-7-10-8-4-2-6-9(10)5-1/h1,3,5,7,9H,2,4,6,8H2. The van der Waals surface area contributed by atoms with Crippen LogP contribution in [-0.4, -0.2) is 17.5 Å². The van der Waals surface area contributed by atoms with Crippen molar-refractivity contribution in [3.63, 3.8) is 0 Å². The van der Waals surface area contributed by atoms with Crippen LogP contribution in [0, 0.1) is 0 Å². The Morgan fingerprint density at radius 1 is 1.20 bits per heavy atom. The molecule has 1 saturated heterocycles. The molecule has 1 fully saturated rings. The molecular weight excluding hydrogens is 122 g/mol. The molecule has 0 radical (unpaired) electrons. The van der Waals surface area contributed by atoms with Crippen LogP contribution in [0.5, 0.6) is 0 Å². The molecule has 1 nitrogen and oxygen atoms in total. The summed E-state index contributed by atoms with van der Waals surface area (Å²) >= 11 is 0. The summed E-state index contributed by atoms with van der Waals surface area (Å²) in [7, 11) is 0. The van der Waals surface area contributed by atoms with Crippen LogP contribution in [0.25, 0.3) is 0 Å². The van der Waals surface area contributed by atoms with E-state index in [1.807, 2.05) is 0 Å². The molecule has 1 atom stereocenters. The average molecular weight is 135 g/mol. The molecule has 0 aliphatic carbocycles. The third kappa shape index (κ3) is 0.962. The van der Waals surface area contributed by atoms with Gasteiger partial charge in [0.2, 0.25) is 0 Å². The Morgan fingerprint density at radius 2 is 2.20 bits per heavy atom. The number of hydrogen-bond acceptors (Lipinski definition) is 1. The fourth-order valence-corrected chi connectivity index (χ4v) is 1.72. The van der Waals surface area contributed by atoms with Crippen molar-refractivity contribution in [3.8, 4) is 0 Å². The maximum absolute atomic E-state index is 2.43. The van der Waals surface area contributed by atoms with E-state index in [0.29, 0.717) is 0 Å². The smallest absolute Gasteiger partial charge is 0.0470 e. The number of piperidine rings is 1. The molecule has 0 aromatic rings. The first-order valence-electron chi connectivity index (χ1n) is 4.07. The van der Waals surface area contributed by atoms with Crippen molar-refractivity contribution in [2.24, 2.45) is 0 Å². The van der Waals surface area contributed by atoms with Crippen LogP contribution in [0.2, 0.25) is 0 Å². The van der Waals surface area contributed by atoms with E-state index < -0.39 is 0 Å².